The van der Waals surface area contributed by atoms with Crippen molar-refractivity contribution in [1.82, 2.24) is 0 Å². The number of anilines is 2. The van der Waals surface area contributed by atoms with Gasteiger partial charge in [0.2, 0.25) is 5.91 Å². The molecule has 2 heterocycles. The molecule has 0 bridgehead atoms. The van der Waals surface area contributed by atoms with Crippen molar-refractivity contribution in [1.29, 1.82) is 0 Å². The number of aryl methyl sites for hydroxylation is 1. The van der Waals surface area contributed by atoms with E-state index in [2.05, 4.69) is 5.32 Å². The summed E-state index contributed by atoms with van der Waals surface area (Å²) in [5.41, 5.74) is 2.83. The van der Waals surface area contributed by atoms with Gasteiger partial charge in [0.05, 0.1) is 4.88 Å². The van der Waals surface area contributed by atoms with E-state index in [-0.39, 0.29) is 11.8 Å². The molecule has 1 aromatic carbocycles. The Kier molecular flexibility index (Phi) is 3.51. The molecule has 4 nitrogen and oxygen atoms in total. The molecule has 3 rings (SSSR count). The smallest absolute Gasteiger partial charge is 0.265 e. The van der Waals surface area contributed by atoms with Crippen LogP contribution in [0, 0.1) is 6.92 Å². The van der Waals surface area contributed by atoms with E-state index in [0.717, 1.165) is 28.2 Å². The van der Waals surface area contributed by atoms with E-state index in [1.165, 1.54) is 11.3 Å². The Labute approximate surface area is 127 Å². The lowest BCUT2D eigenvalue weighted by Gasteiger charge is -2.15. The summed E-state index contributed by atoms with van der Waals surface area (Å²) in [6, 6.07) is 9.47. The highest BCUT2D eigenvalue weighted by Gasteiger charge is 2.22. The molecule has 0 spiro atoms. The molecule has 108 valence electrons. The number of amides is 2. The van der Waals surface area contributed by atoms with Crippen molar-refractivity contribution in [2.45, 2.75) is 20.3 Å². The van der Waals surface area contributed by atoms with Gasteiger partial charge in [-0.15, -0.1) is 11.3 Å². The minimum Gasteiger partial charge on any atom is -0.321 e. The van der Waals surface area contributed by atoms with Crippen LogP contribution in [0.5, 0.6) is 0 Å². The van der Waals surface area contributed by atoms with Gasteiger partial charge in [-0.3, -0.25) is 9.59 Å². The van der Waals surface area contributed by atoms with Crippen LogP contribution in [0.2, 0.25) is 0 Å². The number of benzene rings is 1. The van der Waals surface area contributed by atoms with Crippen molar-refractivity contribution in [3.05, 3.63) is 45.6 Å². The highest BCUT2D eigenvalue weighted by atomic mass is 32.1. The first-order valence-corrected chi connectivity index (χ1v) is 7.65. The van der Waals surface area contributed by atoms with Crippen LogP contribution in [0.3, 0.4) is 0 Å². The molecule has 1 N–H and O–H groups in total. The number of fused-ring (bicyclic) bond motifs is 1. The molecule has 5 heteroatoms. The average Bonchev–Trinajstić information content (AvgIpc) is 3.04. The number of nitrogens with zero attached hydrogens (tertiary/aromatic N) is 1. The lowest BCUT2D eigenvalue weighted by atomic mass is 10.1. The number of carbonyl (C=O) groups excluding carboxylic acids is 2. The van der Waals surface area contributed by atoms with Crippen LogP contribution in [-0.2, 0) is 11.2 Å². The lowest BCUT2D eigenvalue weighted by molar-refractivity contribution is -0.116. The van der Waals surface area contributed by atoms with Gasteiger partial charge in [0.1, 0.15) is 0 Å². The summed E-state index contributed by atoms with van der Waals surface area (Å²) in [5.74, 6) is -0.0333. The van der Waals surface area contributed by atoms with Crippen LogP contribution in [0.1, 0.15) is 27.0 Å². The molecule has 2 aromatic rings. The van der Waals surface area contributed by atoms with Gasteiger partial charge in [-0.25, -0.2) is 0 Å². The van der Waals surface area contributed by atoms with E-state index in [9.17, 15) is 9.59 Å². The Morgan fingerprint density at radius 1 is 1.24 bits per heavy atom. The van der Waals surface area contributed by atoms with Crippen molar-refractivity contribution in [2.24, 2.45) is 0 Å². The fourth-order valence-corrected chi connectivity index (χ4v) is 3.32. The van der Waals surface area contributed by atoms with E-state index in [0.29, 0.717) is 11.4 Å². The Morgan fingerprint density at radius 3 is 2.71 bits per heavy atom. The maximum Gasteiger partial charge on any atom is 0.265 e. The SMILES string of the molecule is CC(=O)N1CCc2cc(NC(=O)c3ccc(C)s3)ccc21. The van der Waals surface area contributed by atoms with Gasteiger partial charge in [-0.1, -0.05) is 0 Å². The number of hydrogen-bond acceptors (Lipinski definition) is 3. The standard InChI is InChI=1S/C16H16N2O2S/c1-10-3-6-15(21-10)16(20)17-13-4-5-14-12(9-13)7-8-18(14)11(2)19/h3-6,9H,7-8H2,1-2H3,(H,17,20). The third-order valence-electron chi connectivity index (χ3n) is 3.58. The fourth-order valence-electron chi connectivity index (χ4n) is 2.56. The largest absolute Gasteiger partial charge is 0.321 e. The summed E-state index contributed by atoms with van der Waals surface area (Å²) in [7, 11) is 0. The Bertz CT molecular complexity index is 721. The predicted octanol–water partition coefficient (Wildman–Crippen LogP) is 3.22. The molecular formula is C16H16N2O2S. The minimum absolute atomic E-state index is 0.0552. The first-order chi connectivity index (χ1) is 10.0. The second-order valence-electron chi connectivity index (χ2n) is 5.13. The zero-order valence-electron chi connectivity index (χ0n) is 12.0. The second-order valence-corrected chi connectivity index (χ2v) is 6.42. The van der Waals surface area contributed by atoms with Crippen LogP contribution in [0.25, 0.3) is 0 Å². The monoisotopic (exact) mass is 300 g/mol. The van der Waals surface area contributed by atoms with Crippen LogP contribution in [0.15, 0.2) is 30.3 Å². The molecule has 0 saturated heterocycles. The zero-order chi connectivity index (χ0) is 15.0. The number of rotatable bonds is 2. The molecule has 0 radical (unpaired) electrons. The Balaban J connectivity index is 1.79. The summed E-state index contributed by atoms with van der Waals surface area (Å²) >= 11 is 1.48. The minimum atomic E-state index is -0.0885. The summed E-state index contributed by atoms with van der Waals surface area (Å²) in [5, 5.41) is 2.91. The van der Waals surface area contributed by atoms with Gasteiger partial charge in [0.25, 0.3) is 5.91 Å². The van der Waals surface area contributed by atoms with Crippen LogP contribution in [0.4, 0.5) is 11.4 Å². The normalized spacial score (nSPS) is 13.1. The first-order valence-electron chi connectivity index (χ1n) is 6.83. The Hall–Kier alpha value is -2.14. The molecule has 0 fully saturated rings. The van der Waals surface area contributed by atoms with Crippen molar-refractivity contribution >= 4 is 34.5 Å². The molecule has 0 unspecified atom stereocenters. The van der Waals surface area contributed by atoms with Gasteiger partial charge in [0.15, 0.2) is 0 Å². The van der Waals surface area contributed by atoms with Gasteiger partial charge in [-0.2, -0.15) is 0 Å². The van der Waals surface area contributed by atoms with Crippen molar-refractivity contribution in [2.75, 3.05) is 16.8 Å². The zero-order valence-corrected chi connectivity index (χ0v) is 12.8. The highest BCUT2D eigenvalue weighted by molar-refractivity contribution is 7.14. The van der Waals surface area contributed by atoms with E-state index < -0.39 is 0 Å². The molecule has 1 aliphatic rings. The Morgan fingerprint density at radius 2 is 2.05 bits per heavy atom. The van der Waals surface area contributed by atoms with Crippen molar-refractivity contribution in [3.63, 3.8) is 0 Å². The van der Waals surface area contributed by atoms with Gasteiger partial charge in [-0.05, 0) is 49.2 Å². The van der Waals surface area contributed by atoms with Crippen molar-refractivity contribution < 1.29 is 9.59 Å². The number of hydrogen-bond donors (Lipinski definition) is 1. The topological polar surface area (TPSA) is 49.4 Å². The average molecular weight is 300 g/mol. The third kappa shape index (κ3) is 2.69. The first kappa shape index (κ1) is 13.8. The van der Waals surface area contributed by atoms with Crippen molar-refractivity contribution in [3.8, 4) is 0 Å². The molecule has 1 aromatic heterocycles. The fraction of sp³-hybridized carbons (Fsp3) is 0.250. The second kappa shape index (κ2) is 5.33. The van der Waals surface area contributed by atoms with E-state index in [4.69, 9.17) is 0 Å². The van der Waals surface area contributed by atoms with E-state index in [1.807, 2.05) is 37.3 Å². The van der Waals surface area contributed by atoms with Gasteiger partial charge >= 0.3 is 0 Å². The molecular weight excluding hydrogens is 284 g/mol. The molecule has 2 amide bonds. The molecule has 0 atom stereocenters. The number of carbonyl (C=O) groups is 2. The number of nitrogens with one attached hydrogen (secondary N) is 1. The van der Waals surface area contributed by atoms with Gasteiger partial charge < -0.3 is 10.2 Å². The quantitative estimate of drug-likeness (QED) is 0.925. The maximum absolute atomic E-state index is 12.1. The highest BCUT2D eigenvalue weighted by Crippen LogP contribution is 2.30. The van der Waals surface area contributed by atoms with Gasteiger partial charge in [0, 0.05) is 29.7 Å². The van der Waals surface area contributed by atoms with Crippen LogP contribution >= 0.6 is 11.3 Å². The summed E-state index contributed by atoms with van der Waals surface area (Å²) in [6.45, 7) is 4.27. The number of thiophene rings is 1. The third-order valence-corrected chi connectivity index (χ3v) is 4.58. The summed E-state index contributed by atoms with van der Waals surface area (Å²) in [6.07, 6.45) is 0.830. The van der Waals surface area contributed by atoms with E-state index in [1.54, 1.807) is 11.8 Å². The van der Waals surface area contributed by atoms with Crippen LogP contribution in [-0.4, -0.2) is 18.4 Å². The molecule has 0 saturated carbocycles. The molecule has 1 aliphatic heterocycles. The summed E-state index contributed by atoms with van der Waals surface area (Å²) in [4.78, 5) is 27.2. The molecule has 0 aliphatic carbocycles. The van der Waals surface area contributed by atoms with E-state index >= 15 is 0 Å². The summed E-state index contributed by atoms with van der Waals surface area (Å²) < 4.78 is 0. The lowest BCUT2D eigenvalue weighted by Crippen LogP contribution is -2.25. The maximum atomic E-state index is 12.1. The predicted molar refractivity (Wildman–Crippen MR) is 85.2 cm³/mol. The molecule has 21 heavy (non-hydrogen) atoms. The van der Waals surface area contributed by atoms with Crippen LogP contribution < -0.4 is 10.2 Å².